The first-order valence-corrected chi connectivity index (χ1v) is 8.11. The lowest BCUT2D eigenvalue weighted by Crippen LogP contribution is -2.06. The maximum absolute atomic E-state index is 14.4. The molecular weight excluding hydrogens is 307 g/mol. The van der Waals surface area contributed by atoms with Gasteiger partial charge in [0.15, 0.2) is 0 Å². The zero-order valence-electron chi connectivity index (χ0n) is 14.1. The highest BCUT2D eigenvalue weighted by molar-refractivity contribution is 5.90. The van der Waals surface area contributed by atoms with E-state index in [1.807, 2.05) is 6.07 Å². The number of ether oxygens (including phenoxy) is 2. The summed E-state index contributed by atoms with van der Waals surface area (Å²) < 4.78 is 24.5. The van der Waals surface area contributed by atoms with Crippen LogP contribution in [-0.4, -0.2) is 20.2 Å². The van der Waals surface area contributed by atoms with Gasteiger partial charge in [-0.2, -0.15) is 0 Å². The van der Waals surface area contributed by atoms with Gasteiger partial charge in [0.1, 0.15) is 11.6 Å². The Balaban J connectivity index is 2.14. The normalized spacial score (nSPS) is 15.0. The summed E-state index contributed by atoms with van der Waals surface area (Å²) in [4.78, 5) is 11.9. The van der Waals surface area contributed by atoms with Crippen molar-refractivity contribution in [1.82, 2.24) is 0 Å². The minimum absolute atomic E-state index is 0.259. The first kappa shape index (κ1) is 16.5. The highest BCUT2D eigenvalue weighted by Gasteiger charge is 2.31. The summed E-state index contributed by atoms with van der Waals surface area (Å²) in [6.07, 6.45) is 2.34. The molecule has 2 aromatic carbocycles. The Morgan fingerprint density at radius 1 is 1.12 bits per heavy atom. The van der Waals surface area contributed by atoms with Crippen LogP contribution in [0.5, 0.6) is 5.75 Å². The fourth-order valence-electron chi connectivity index (χ4n) is 3.12. The summed E-state index contributed by atoms with van der Waals surface area (Å²) in [5, 5.41) is 0. The van der Waals surface area contributed by atoms with Crippen molar-refractivity contribution in [2.45, 2.75) is 25.7 Å². The number of hydrogen-bond acceptors (Lipinski definition) is 3. The molecule has 1 unspecified atom stereocenters. The second kappa shape index (κ2) is 6.63. The van der Waals surface area contributed by atoms with Gasteiger partial charge in [-0.1, -0.05) is 13.0 Å². The second-order valence-corrected chi connectivity index (χ2v) is 6.27. The third kappa shape index (κ3) is 3.14. The van der Waals surface area contributed by atoms with Crippen molar-refractivity contribution in [1.29, 1.82) is 0 Å². The summed E-state index contributed by atoms with van der Waals surface area (Å²) in [7, 11) is 2.92. The number of halogens is 1. The van der Waals surface area contributed by atoms with Gasteiger partial charge in [-0.3, -0.25) is 0 Å². The standard InChI is InChI=1S/C20H21FO3/c1-12(13-4-5-13)17-10-14(20(22)24-3)6-8-16(17)18-11-15(23-2)7-9-19(18)21/h6-13H,4-5H2,1-3H3. The van der Waals surface area contributed by atoms with Gasteiger partial charge in [0, 0.05) is 5.56 Å². The van der Waals surface area contributed by atoms with Gasteiger partial charge < -0.3 is 9.47 Å². The summed E-state index contributed by atoms with van der Waals surface area (Å²) in [6, 6.07) is 10.0. The van der Waals surface area contributed by atoms with E-state index in [0.29, 0.717) is 22.8 Å². The monoisotopic (exact) mass is 328 g/mol. The van der Waals surface area contributed by atoms with Crippen LogP contribution in [-0.2, 0) is 4.74 Å². The minimum atomic E-state index is -0.378. The zero-order valence-corrected chi connectivity index (χ0v) is 14.1. The average molecular weight is 328 g/mol. The molecule has 0 bridgehead atoms. The molecule has 0 radical (unpaired) electrons. The van der Waals surface area contributed by atoms with E-state index in [9.17, 15) is 9.18 Å². The Hall–Kier alpha value is -2.36. The third-order valence-corrected chi connectivity index (χ3v) is 4.76. The lowest BCUT2D eigenvalue weighted by Gasteiger charge is -2.18. The van der Waals surface area contributed by atoms with Crippen molar-refractivity contribution in [3.05, 3.63) is 53.3 Å². The first-order chi connectivity index (χ1) is 11.5. The van der Waals surface area contributed by atoms with Crippen molar-refractivity contribution < 1.29 is 18.7 Å². The number of hydrogen-bond donors (Lipinski definition) is 0. The Morgan fingerprint density at radius 2 is 1.88 bits per heavy atom. The lowest BCUT2D eigenvalue weighted by atomic mass is 9.87. The molecule has 0 spiro atoms. The molecule has 3 nitrogen and oxygen atoms in total. The SMILES string of the molecule is COC(=O)c1ccc(-c2cc(OC)ccc2F)c(C(C)C2CC2)c1. The molecular formula is C20H21FO3. The fourth-order valence-corrected chi connectivity index (χ4v) is 3.12. The Bertz CT molecular complexity index is 765. The quantitative estimate of drug-likeness (QED) is 0.740. The first-order valence-electron chi connectivity index (χ1n) is 8.11. The molecule has 0 heterocycles. The molecule has 126 valence electrons. The van der Waals surface area contributed by atoms with Crippen molar-refractivity contribution in [2.24, 2.45) is 5.92 Å². The summed E-state index contributed by atoms with van der Waals surface area (Å²) >= 11 is 0. The van der Waals surface area contributed by atoms with E-state index >= 15 is 0 Å². The lowest BCUT2D eigenvalue weighted by molar-refractivity contribution is 0.0600. The largest absolute Gasteiger partial charge is 0.497 e. The van der Waals surface area contributed by atoms with E-state index < -0.39 is 0 Å². The molecule has 1 atom stereocenters. The van der Waals surface area contributed by atoms with Gasteiger partial charge in [0.25, 0.3) is 0 Å². The number of methoxy groups -OCH3 is 2. The summed E-state index contributed by atoms with van der Waals surface area (Å²) in [6.45, 7) is 2.13. The van der Waals surface area contributed by atoms with E-state index in [1.54, 1.807) is 31.4 Å². The van der Waals surface area contributed by atoms with E-state index in [-0.39, 0.29) is 17.7 Å². The molecule has 0 aromatic heterocycles. The van der Waals surface area contributed by atoms with E-state index in [1.165, 1.54) is 26.0 Å². The molecule has 1 saturated carbocycles. The van der Waals surface area contributed by atoms with Crippen LogP contribution < -0.4 is 4.74 Å². The number of carbonyl (C=O) groups is 1. The van der Waals surface area contributed by atoms with E-state index in [4.69, 9.17) is 9.47 Å². The molecule has 24 heavy (non-hydrogen) atoms. The van der Waals surface area contributed by atoms with Gasteiger partial charge in [0.2, 0.25) is 0 Å². The van der Waals surface area contributed by atoms with Gasteiger partial charge in [0.05, 0.1) is 19.8 Å². The van der Waals surface area contributed by atoms with Crippen LogP contribution in [0.3, 0.4) is 0 Å². The van der Waals surface area contributed by atoms with E-state index in [2.05, 4.69) is 6.92 Å². The van der Waals surface area contributed by atoms with E-state index in [0.717, 1.165) is 11.1 Å². The highest BCUT2D eigenvalue weighted by Crippen LogP contribution is 2.45. The van der Waals surface area contributed by atoms with Gasteiger partial charge in [-0.05, 0) is 66.1 Å². The maximum atomic E-state index is 14.4. The van der Waals surface area contributed by atoms with Crippen LogP contribution in [0.15, 0.2) is 36.4 Å². The fraction of sp³-hybridized carbons (Fsp3) is 0.350. The van der Waals surface area contributed by atoms with Crippen LogP contribution in [0.4, 0.5) is 4.39 Å². The van der Waals surface area contributed by atoms with Gasteiger partial charge in [-0.15, -0.1) is 0 Å². The smallest absolute Gasteiger partial charge is 0.337 e. The topological polar surface area (TPSA) is 35.5 Å². The Kier molecular flexibility index (Phi) is 4.56. The van der Waals surface area contributed by atoms with Crippen LogP contribution in [0, 0.1) is 11.7 Å². The molecule has 0 amide bonds. The van der Waals surface area contributed by atoms with Crippen molar-refractivity contribution in [3.8, 4) is 16.9 Å². The number of benzene rings is 2. The Morgan fingerprint density at radius 3 is 2.50 bits per heavy atom. The van der Waals surface area contributed by atoms with Gasteiger partial charge >= 0.3 is 5.97 Å². The van der Waals surface area contributed by atoms with Gasteiger partial charge in [-0.25, -0.2) is 9.18 Å². The summed E-state index contributed by atoms with van der Waals surface area (Å²) in [5.74, 6) is 0.775. The van der Waals surface area contributed by atoms with Crippen LogP contribution in [0.2, 0.25) is 0 Å². The number of carbonyl (C=O) groups excluding carboxylic acids is 1. The Labute approximate surface area is 141 Å². The van der Waals surface area contributed by atoms with Crippen molar-refractivity contribution >= 4 is 5.97 Å². The predicted octanol–water partition coefficient (Wildman–Crippen LogP) is 4.80. The molecule has 1 aliphatic carbocycles. The number of esters is 1. The van der Waals surface area contributed by atoms with Crippen LogP contribution >= 0.6 is 0 Å². The third-order valence-electron chi connectivity index (χ3n) is 4.76. The highest BCUT2D eigenvalue weighted by atomic mass is 19.1. The van der Waals surface area contributed by atoms with Crippen LogP contribution in [0.1, 0.15) is 41.6 Å². The molecule has 3 rings (SSSR count). The molecule has 0 N–H and O–H groups in total. The molecule has 1 aliphatic rings. The average Bonchev–Trinajstić information content (AvgIpc) is 3.45. The predicted molar refractivity (Wildman–Crippen MR) is 90.9 cm³/mol. The molecule has 1 fully saturated rings. The molecule has 0 saturated heterocycles. The van der Waals surface area contributed by atoms with Crippen LogP contribution in [0.25, 0.3) is 11.1 Å². The molecule has 2 aromatic rings. The second-order valence-electron chi connectivity index (χ2n) is 6.27. The van der Waals surface area contributed by atoms with Crippen molar-refractivity contribution in [2.75, 3.05) is 14.2 Å². The zero-order chi connectivity index (χ0) is 17.3. The minimum Gasteiger partial charge on any atom is -0.497 e. The summed E-state index contributed by atoms with van der Waals surface area (Å²) in [5.41, 5.74) is 2.77. The number of rotatable bonds is 5. The maximum Gasteiger partial charge on any atom is 0.337 e. The molecule has 4 heteroatoms. The van der Waals surface area contributed by atoms with Crippen molar-refractivity contribution in [3.63, 3.8) is 0 Å². The molecule has 0 aliphatic heterocycles.